The zero-order valence-corrected chi connectivity index (χ0v) is 15.8. The fourth-order valence-electron chi connectivity index (χ4n) is 2.26. The molecule has 0 fully saturated rings. The van der Waals surface area contributed by atoms with Crippen LogP contribution in [-0.2, 0) is 9.53 Å². The van der Waals surface area contributed by atoms with Crippen LogP contribution < -0.4 is 10.6 Å². The van der Waals surface area contributed by atoms with Gasteiger partial charge in [-0.25, -0.2) is 9.78 Å². The molecule has 0 aliphatic heterocycles. The molecule has 1 atom stereocenters. The van der Waals surface area contributed by atoms with Gasteiger partial charge in [-0.2, -0.15) is 0 Å². The van der Waals surface area contributed by atoms with Crippen LogP contribution in [0, 0.1) is 0 Å². The van der Waals surface area contributed by atoms with Gasteiger partial charge in [0.25, 0.3) is 5.91 Å². The Morgan fingerprint density at radius 3 is 2.88 bits per heavy atom. The highest BCUT2D eigenvalue weighted by molar-refractivity contribution is 7.13. The number of nitrogens with one attached hydrogen (secondary N) is 2. The van der Waals surface area contributed by atoms with Crippen molar-refractivity contribution >= 4 is 34.0 Å². The molecule has 1 aromatic carbocycles. The number of nitrogens with zero attached hydrogens (tertiary/aromatic N) is 1. The van der Waals surface area contributed by atoms with Crippen molar-refractivity contribution < 1.29 is 14.3 Å². The van der Waals surface area contributed by atoms with Gasteiger partial charge in [-0.1, -0.05) is 38.1 Å². The van der Waals surface area contributed by atoms with Crippen molar-refractivity contribution in [2.45, 2.75) is 26.2 Å². The standard InChI is InChI=1S/C19H23N3O3S/c1-4-10-20-19-22-16(12-26-19)18(24)25-11-17(23)21-15-9-7-6-8-14(15)13(3)5-2/h4,6-9,12-13H,1,5,10-11H2,2-3H3,(H,20,22)(H,21,23)/t13-/m1/s1. The molecule has 0 saturated heterocycles. The van der Waals surface area contributed by atoms with Crippen LogP contribution in [0.25, 0.3) is 0 Å². The third-order valence-electron chi connectivity index (χ3n) is 3.82. The van der Waals surface area contributed by atoms with E-state index in [1.807, 2.05) is 24.3 Å². The van der Waals surface area contributed by atoms with Crippen LogP contribution in [0.1, 0.15) is 42.2 Å². The average Bonchev–Trinajstić information content (AvgIpc) is 3.13. The number of anilines is 2. The van der Waals surface area contributed by atoms with E-state index >= 15 is 0 Å². The summed E-state index contributed by atoms with van der Waals surface area (Å²) in [6.07, 6.45) is 2.66. The molecule has 2 N–H and O–H groups in total. The summed E-state index contributed by atoms with van der Waals surface area (Å²) in [6, 6.07) is 7.64. The van der Waals surface area contributed by atoms with Gasteiger partial charge in [-0.3, -0.25) is 4.79 Å². The molecule has 0 bridgehead atoms. The maximum absolute atomic E-state index is 12.1. The number of carbonyl (C=O) groups excluding carboxylic acids is 2. The second kappa shape index (κ2) is 9.72. The van der Waals surface area contributed by atoms with E-state index in [-0.39, 0.29) is 18.2 Å². The molecule has 2 rings (SSSR count). The van der Waals surface area contributed by atoms with Crippen LogP contribution in [0.5, 0.6) is 0 Å². The van der Waals surface area contributed by atoms with Crippen molar-refractivity contribution in [3.63, 3.8) is 0 Å². The highest BCUT2D eigenvalue weighted by atomic mass is 32.1. The lowest BCUT2D eigenvalue weighted by Gasteiger charge is -2.15. The maximum atomic E-state index is 12.1. The Kier molecular flexibility index (Phi) is 7.35. The quantitative estimate of drug-likeness (QED) is 0.512. The monoisotopic (exact) mass is 373 g/mol. The minimum Gasteiger partial charge on any atom is -0.451 e. The van der Waals surface area contributed by atoms with Crippen LogP contribution in [-0.4, -0.2) is 30.0 Å². The first kappa shape index (κ1) is 19.7. The number of esters is 1. The summed E-state index contributed by atoms with van der Waals surface area (Å²) in [7, 11) is 0. The van der Waals surface area contributed by atoms with Gasteiger partial charge in [-0.15, -0.1) is 17.9 Å². The third kappa shape index (κ3) is 5.42. The van der Waals surface area contributed by atoms with Gasteiger partial charge in [-0.05, 0) is 24.0 Å². The van der Waals surface area contributed by atoms with Gasteiger partial charge in [0.2, 0.25) is 0 Å². The normalized spacial score (nSPS) is 11.5. The first-order valence-electron chi connectivity index (χ1n) is 8.41. The molecule has 1 aromatic heterocycles. The zero-order valence-electron chi connectivity index (χ0n) is 15.0. The average molecular weight is 373 g/mol. The Hall–Kier alpha value is -2.67. The Morgan fingerprint density at radius 1 is 1.38 bits per heavy atom. The number of amides is 1. The SMILES string of the molecule is C=CCNc1nc(C(=O)OCC(=O)Nc2ccccc2[C@H](C)CC)cs1. The number of carbonyl (C=O) groups is 2. The van der Waals surface area contributed by atoms with Crippen molar-refractivity contribution in [2.75, 3.05) is 23.8 Å². The second-order valence-corrected chi connectivity index (χ2v) is 6.59. The van der Waals surface area contributed by atoms with Crippen molar-refractivity contribution in [1.82, 2.24) is 4.98 Å². The Morgan fingerprint density at radius 2 is 2.15 bits per heavy atom. The smallest absolute Gasteiger partial charge is 0.358 e. The van der Waals surface area contributed by atoms with E-state index in [0.717, 1.165) is 17.7 Å². The second-order valence-electron chi connectivity index (χ2n) is 5.73. The molecule has 0 unspecified atom stereocenters. The number of aromatic nitrogens is 1. The number of ether oxygens (including phenoxy) is 1. The van der Waals surface area contributed by atoms with Crippen molar-refractivity contribution in [3.8, 4) is 0 Å². The summed E-state index contributed by atoms with van der Waals surface area (Å²) in [4.78, 5) is 28.2. The number of hydrogen-bond donors (Lipinski definition) is 2. The minimum absolute atomic E-state index is 0.175. The van der Waals surface area contributed by atoms with Gasteiger partial charge in [0.15, 0.2) is 17.4 Å². The molecule has 1 heterocycles. The highest BCUT2D eigenvalue weighted by Gasteiger charge is 2.15. The summed E-state index contributed by atoms with van der Waals surface area (Å²) in [5, 5.41) is 7.99. The molecule has 7 heteroatoms. The molecule has 0 aliphatic carbocycles. The lowest BCUT2D eigenvalue weighted by molar-refractivity contribution is -0.119. The lowest BCUT2D eigenvalue weighted by Crippen LogP contribution is -2.22. The molecular formula is C19H23N3O3S. The number of thiazole rings is 1. The summed E-state index contributed by atoms with van der Waals surface area (Å²) in [6.45, 7) is 7.99. The topological polar surface area (TPSA) is 80.3 Å². The predicted octanol–water partition coefficient (Wildman–Crippen LogP) is 4.05. The molecule has 2 aromatic rings. The van der Waals surface area contributed by atoms with Crippen molar-refractivity contribution in [3.05, 3.63) is 53.6 Å². The first-order valence-corrected chi connectivity index (χ1v) is 9.29. The number of rotatable bonds is 9. The zero-order chi connectivity index (χ0) is 18.9. The van der Waals surface area contributed by atoms with Gasteiger partial charge in [0.1, 0.15) is 0 Å². The Balaban J connectivity index is 1.90. The Bertz CT molecular complexity index is 773. The lowest BCUT2D eigenvalue weighted by atomic mass is 9.97. The van der Waals surface area contributed by atoms with E-state index in [1.54, 1.807) is 11.5 Å². The third-order valence-corrected chi connectivity index (χ3v) is 4.62. The molecule has 138 valence electrons. The summed E-state index contributed by atoms with van der Waals surface area (Å²) in [5.41, 5.74) is 1.98. The largest absolute Gasteiger partial charge is 0.451 e. The van der Waals surface area contributed by atoms with Gasteiger partial charge in [0, 0.05) is 17.6 Å². The Labute approximate surface area is 157 Å². The fourth-order valence-corrected chi connectivity index (χ4v) is 2.95. The summed E-state index contributed by atoms with van der Waals surface area (Å²) < 4.78 is 5.05. The van der Waals surface area contributed by atoms with Crippen LogP contribution in [0.15, 0.2) is 42.3 Å². The summed E-state index contributed by atoms with van der Waals surface area (Å²) in [5.74, 6) is -0.682. The molecule has 0 spiro atoms. The van der Waals surface area contributed by atoms with Crippen LogP contribution in [0.3, 0.4) is 0 Å². The maximum Gasteiger partial charge on any atom is 0.358 e. The molecule has 26 heavy (non-hydrogen) atoms. The fraction of sp³-hybridized carbons (Fsp3) is 0.316. The van der Waals surface area contributed by atoms with Gasteiger partial charge in [0.05, 0.1) is 0 Å². The van der Waals surface area contributed by atoms with Crippen molar-refractivity contribution in [2.24, 2.45) is 0 Å². The van der Waals surface area contributed by atoms with E-state index in [2.05, 4.69) is 36.0 Å². The van der Waals surface area contributed by atoms with Gasteiger partial charge >= 0.3 is 5.97 Å². The molecule has 0 radical (unpaired) electrons. The molecule has 1 amide bonds. The van der Waals surface area contributed by atoms with Crippen molar-refractivity contribution in [1.29, 1.82) is 0 Å². The van der Waals surface area contributed by atoms with E-state index in [9.17, 15) is 9.59 Å². The van der Waals surface area contributed by atoms with E-state index in [4.69, 9.17) is 4.74 Å². The highest BCUT2D eigenvalue weighted by Crippen LogP contribution is 2.26. The van der Waals surface area contributed by atoms with E-state index in [0.29, 0.717) is 17.6 Å². The van der Waals surface area contributed by atoms with Crippen LogP contribution in [0.4, 0.5) is 10.8 Å². The minimum atomic E-state index is -0.627. The predicted molar refractivity (Wildman–Crippen MR) is 105 cm³/mol. The van der Waals surface area contributed by atoms with E-state index < -0.39 is 5.97 Å². The first-order chi connectivity index (χ1) is 12.5. The van der Waals surface area contributed by atoms with Gasteiger partial charge < -0.3 is 15.4 Å². The molecular weight excluding hydrogens is 350 g/mol. The molecule has 0 aliphatic rings. The van der Waals surface area contributed by atoms with E-state index in [1.165, 1.54) is 11.3 Å². The van der Waals surface area contributed by atoms with Crippen LogP contribution in [0.2, 0.25) is 0 Å². The summed E-state index contributed by atoms with van der Waals surface area (Å²) >= 11 is 1.29. The number of benzene rings is 1. The number of hydrogen-bond acceptors (Lipinski definition) is 6. The molecule has 6 nitrogen and oxygen atoms in total. The molecule has 0 saturated carbocycles. The number of para-hydroxylation sites is 1. The van der Waals surface area contributed by atoms with Crippen LogP contribution >= 0.6 is 11.3 Å².